The lowest BCUT2D eigenvalue weighted by Gasteiger charge is -2.02. The maximum Gasteiger partial charge on any atom is 0.118 e. The maximum atomic E-state index is 9.61. The summed E-state index contributed by atoms with van der Waals surface area (Å²) in [5.41, 5.74) is 0.969. The number of aromatic hydroxyl groups is 1. The Morgan fingerprint density at radius 1 is 1.00 bits per heavy atom. The molecular weight excluding hydrogens is 200 g/mol. The molecule has 0 saturated heterocycles. The molecule has 2 rings (SSSR count). The quantitative estimate of drug-likeness (QED) is 0.850. The molecule has 16 heavy (non-hydrogen) atoms. The van der Waals surface area contributed by atoms with E-state index in [0.717, 1.165) is 36.3 Å². The number of aryl methyl sites for hydroxylation is 3. The van der Waals surface area contributed by atoms with E-state index in [2.05, 4.69) is 6.92 Å². The van der Waals surface area contributed by atoms with Gasteiger partial charge in [0.15, 0.2) is 0 Å². The summed E-state index contributed by atoms with van der Waals surface area (Å²) in [5.74, 6) is 2.37. The lowest BCUT2D eigenvalue weighted by atomic mass is 10.1. The van der Waals surface area contributed by atoms with Crippen LogP contribution in [-0.2, 0) is 19.3 Å². The van der Waals surface area contributed by atoms with Gasteiger partial charge < -0.3 is 9.52 Å². The molecule has 0 fully saturated rings. The second kappa shape index (κ2) is 4.88. The first-order valence-corrected chi connectivity index (χ1v) is 5.64. The van der Waals surface area contributed by atoms with Crippen molar-refractivity contribution in [2.75, 3.05) is 0 Å². The van der Waals surface area contributed by atoms with E-state index in [1.807, 2.05) is 30.3 Å². The zero-order valence-corrected chi connectivity index (χ0v) is 9.44. The van der Waals surface area contributed by atoms with E-state index in [1.54, 1.807) is 6.07 Å². The van der Waals surface area contributed by atoms with Gasteiger partial charge in [-0.05, 0) is 30.2 Å². The molecule has 1 N–H and O–H groups in total. The first-order valence-electron chi connectivity index (χ1n) is 5.64. The lowest BCUT2D eigenvalue weighted by molar-refractivity contribution is 0.456. The van der Waals surface area contributed by atoms with E-state index < -0.39 is 0 Å². The van der Waals surface area contributed by atoms with Gasteiger partial charge in [0.2, 0.25) is 0 Å². The predicted octanol–water partition coefficient (Wildman–Crippen LogP) is 3.33. The Hall–Kier alpha value is -1.70. The van der Waals surface area contributed by atoms with Gasteiger partial charge in [-0.25, -0.2) is 0 Å². The van der Waals surface area contributed by atoms with Crippen molar-refractivity contribution in [3.8, 4) is 5.75 Å². The molecule has 0 unspecified atom stereocenters. The Balaban J connectivity index is 1.99. The number of rotatable bonds is 4. The van der Waals surface area contributed by atoms with Crippen molar-refractivity contribution in [1.82, 2.24) is 0 Å². The first kappa shape index (κ1) is 10.8. The Kier molecular flexibility index (Phi) is 3.30. The molecule has 0 spiro atoms. The molecule has 2 nitrogen and oxygen atoms in total. The Morgan fingerprint density at radius 2 is 1.75 bits per heavy atom. The fraction of sp³-hybridized carbons (Fsp3) is 0.286. The van der Waals surface area contributed by atoms with Crippen molar-refractivity contribution >= 4 is 0 Å². The van der Waals surface area contributed by atoms with Gasteiger partial charge >= 0.3 is 0 Å². The summed E-state index contributed by atoms with van der Waals surface area (Å²) >= 11 is 0. The van der Waals surface area contributed by atoms with Crippen molar-refractivity contribution in [1.29, 1.82) is 0 Å². The lowest BCUT2D eigenvalue weighted by Crippen LogP contribution is -1.89. The van der Waals surface area contributed by atoms with E-state index in [0.29, 0.717) is 5.75 Å². The normalized spacial score (nSPS) is 10.6. The van der Waals surface area contributed by atoms with Crippen LogP contribution in [0.3, 0.4) is 0 Å². The van der Waals surface area contributed by atoms with Crippen LogP contribution in [0.5, 0.6) is 5.75 Å². The molecule has 1 aromatic carbocycles. The minimum atomic E-state index is 0.366. The van der Waals surface area contributed by atoms with Crippen LogP contribution >= 0.6 is 0 Å². The summed E-state index contributed by atoms with van der Waals surface area (Å²) in [6, 6.07) is 11.5. The molecule has 0 aliphatic rings. The maximum absolute atomic E-state index is 9.61. The van der Waals surface area contributed by atoms with Gasteiger partial charge in [-0.15, -0.1) is 0 Å². The third kappa shape index (κ3) is 2.45. The van der Waals surface area contributed by atoms with Crippen LogP contribution in [0, 0.1) is 0 Å². The molecule has 2 aromatic rings. The molecule has 84 valence electrons. The number of benzene rings is 1. The third-order valence-electron chi connectivity index (χ3n) is 2.70. The van der Waals surface area contributed by atoms with Crippen molar-refractivity contribution in [3.63, 3.8) is 0 Å². The number of furan rings is 1. The zero-order valence-electron chi connectivity index (χ0n) is 9.44. The summed E-state index contributed by atoms with van der Waals surface area (Å²) in [6.07, 6.45) is 2.57. The van der Waals surface area contributed by atoms with Gasteiger partial charge in [-0.2, -0.15) is 0 Å². The fourth-order valence-electron chi connectivity index (χ4n) is 1.73. The molecule has 0 saturated carbocycles. The van der Waals surface area contributed by atoms with Gasteiger partial charge in [0.25, 0.3) is 0 Å². The number of hydrogen-bond acceptors (Lipinski definition) is 2. The average Bonchev–Trinajstić information content (AvgIpc) is 2.76. The highest BCUT2D eigenvalue weighted by Crippen LogP contribution is 2.18. The predicted molar refractivity (Wildman–Crippen MR) is 63.6 cm³/mol. The summed E-state index contributed by atoms with van der Waals surface area (Å²) in [7, 11) is 0. The molecule has 0 amide bonds. The summed E-state index contributed by atoms with van der Waals surface area (Å²) in [5, 5.41) is 9.61. The average molecular weight is 216 g/mol. The van der Waals surface area contributed by atoms with Crippen LogP contribution in [0.2, 0.25) is 0 Å². The van der Waals surface area contributed by atoms with Crippen molar-refractivity contribution in [2.24, 2.45) is 0 Å². The van der Waals surface area contributed by atoms with Gasteiger partial charge in [-0.3, -0.25) is 0 Å². The number of phenols is 1. The molecular formula is C14H16O2. The summed E-state index contributed by atoms with van der Waals surface area (Å²) in [4.78, 5) is 0. The van der Waals surface area contributed by atoms with Crippen LogP contribution in [-0.4, -0.2) is 5.11 Å². The molecule has 0 bridgehead atoms. The zero-order chi connectivity index (χ0) is 11.4. The van der Waals surface area contributed by atoms with Crippen LogP contribution < -0.4 is 0 Å². The smallest absolute Gasteiger partial charge is 0.118 e. The SMILES string of the molecule is CCc1ccc(CCc2ccccc2O)o1. The second-order valence-electron chi connectivity index (χ2n) is 3.85. The molecule has 0 radical (unpaired) electrons. The van der Waals surface area contributed by atoms with Crippen molar-refractivity contribution in [3.05, 3.63) is 53.5 Å². The Bertz CT molecular complexity index is 457. The van der Waals surface area contributed by atoms with E-state index in [9.17, 15) is 5.11 Å². The van der Waals surface area contributed by atoms with Crippen LogP contribution in [0.15, 0.2) is 40.8 Å². The third-order valence-corrected chi connectivity index (χ3v) is 2.70. The molecule has 0 aliphatic carbocycles. The molecule has 0 aliphatic heterocycles. The number of phenolic OH excluding ortho intramolecular Hbond substituents is 1. The van der Waals surface area contributed by atoms with E-state index in [4.69, 9.17) is 4.42 Å². The first-order chi connectivity index (χ1) is 7.79. The van der Waals surface area contributed by atoms with E-state index in [1.165, 1.54) is 0 Å². The van der Waals surface area contributed by atoms with Crippen LogP contribution in [0.4, 0.5) is 0 Å². The van der Waals surface area contributed by atoms with Gasteiger partial charge in [0.05, 0.1) is 0 Å². The summed E-state index contributed by atoms with van der Waals surface area (Å²) < 4.78 is 5.61. The minimum absolute atomic E-state index is 0.366. The van der Waals surface area contributed by atoms with E-state index in [-0.39, 0.29) is 0 Å². The standard InChI is InChI=1S/C14H16O2/c1-2-12-9-10-13(16-12)8-7-11-5-3-4-6-14(11)15/h3-6,9-10,15H,2,7-8H2,1H3. The van der Waals surface area contributed by atoms with Crippen LogP contribution in [0.25, 0.3) is 0 Å². The second-order valence-corrected chi connectivity index (χ2v) is 3.85. The van der Waals surface area contributed by atoms with Crippen LogP contribution in [0.1, 0.15) is 24.0 Å². The molecule has 1 heterocycles. The van der Waals surface area contributed by atoms with Crippen molar-refractivity contribution in [2.45, 2.75) is 26.2 Å². The van der Waals surface area contributed by atoms with Gasteiger partial charge in [0.1, 0.15) is 17.3 Å². The summed E-state index contributed by atoms with van der Waals surface area (Å²) in [6.45, 7) is 2.08. The Labute approximate surface area is 95.5 Å². The van der Waals surface area contributed by atoms with E-state index >= 15 is 0 Å². The van der Waals surface area contributed by atoms with Gasteiger partial charge in [-0.1, -0.05) is 25.1 Å². The fourth-order valence-corrected chi connectivity index (χ4v) is 1.73. The monoisotopic (exact) mass is 216 g/mol. The molecule has 1 aromatic heterocycles. The number of hydrogen-bond donors (Lipinski definition) is 1. The molecule has 2 heteroatoms. The highest BCUT2D eigenvalue weighted by Gasteiger charge is 2.03. The number of para-hydroxylation sites is 1. The minimum Gasteiger partial charge on any atom is -0.508 e. The van der Waals surface area contributed by atoms with Gasteiger partial charge in [0, 0.05) is 12.8 Å². The van der Waals surface area contributed by atoms with Crippen molar-refractivity contribution < 1.29 is 9.52 Å². The Morgan fingerprint density at radius 3 is 2.44 bits per heavy atom. The highest BCUT2D eigenvalue weighted by molar-refractivity contribution is 5.32. The molecule has 0 atom stereocenters. The largest absolute Gasteiger partial charge is 0.508 e. The highest BCUT2D eigenvalue weighted by atomic mass is 16.3. The topological polar surface area (TPSA) is 33.4 Å².